The molecule has 7 heteroatoms. The summed E-state index contributed by atoms with van der Waals surface area (Å²) in [4.78, 5) is 11.8. The molecule has 6 nitrogen and oxygen atoms in total. The van der Waals surface area contributed by atoms with E-state index in [4.69, 9.17) is 5.11 Å². The van der Waals surface area contributed by atoms with Gasteiger partial charge in [0.25, 0.3) is 0 Å². The molecular formula is C12H16N4O2S. The Kier molecular flexibility index (Phi) is 4.26. The fraction of sp³-hybridized carbons (Fsp3) is 0.500. The summed E-state index contributed by atoms with van der Waals surface area (Å²) in [6.07, 6.45) is 1.04. The predicted molar refractivity (Wildman–Crippen MR) is 71.9 cm³/mol. The topological polar surface area (TPSA) is 80.9 Å². The predicted octanol–water partition coefficient (Wildman–Crippen LogP) is 2.07. The zero-order valence-corrected chi connectivity index (χ0v) is 11.7. The second-order valence-electron chi connectivity index (χ2n) is 4.52. The molecule has 2 aromatic rings. The molecule has 0 aromatic carbocycles. The zero-order valence-electron chi connectivity index (χ0n) is 10.9. The summed E-state index contributed by atoms with van der Waals surface area (Å²) in [7, 11) is 0. The Morgan fingerprint density at radius 3 is 3.05 bits per heavy atom. The van der Waals surface area contributed by atoms with Gasteiger partial charge in [0.05, 0.1) is 4.88 Å². The molecule has 19 heavy (non-hydrogen) atoms. The molecule has 0 aliphatic rings. The minimum Gasteiger partial charge on any atom is -0.481 e. The molecule has 0 saturated carbocycles. The third kappa shape index (κ3) is 3.17. The first-order valence-electron chi connectivity index (χ1n) is 6.16. The van der Waals surface area contributed by atoms with Crippen LogP contribution in [0.5, 0.6) is 0 Å². The lowest BCUT2D eigenvalue weighted by Gasteiger charge is -2.09. The lowest BCUT2D eigenvalue weighted by molar-refractivity contribution is -0.138. The number of aromatic nitrogens is 4. The number of hydrogen-bond acceptors (Lipinski definition) is 5. The molecule has 1 N–H and O–H groups in total. The number of aliphatic carboxylic acids is 1. The molecule has 2 heterocycles. The standard InChI is InChI=1S/C12H16N4O2S/c1-3-9-4-5-19-11(9)12-13-14-15-16(12)7-8(2)6-10(17)18/h4-5,8H,3,6-7H2,1-2H3,(H,17,18). The number of tetrazole rings is 1. The Morgan fingerprint density at radius 1 is 1.58 bits per heavy atom. The number of thiophene rings is 1. The maximum Gasteiger partial charge on any atom is 0.303 e. The van der Waals surface area contributed by atoms with Crippen molar-refractivity contribution in [1.82, 2.24) is 20.2 Å². The summed E-state index contributed by atoms with van der Waals surface area (Å²) in [5, 5.41) is 22.5. The van der Waals surface area contributed by atoms with Crippen LogP contribution >= 0.6 is 11.3 Å². The van der Waals surface area contributed by atoms with Crippen LogP contribution in [0.15, 0.2) is 11.4 Å². The SMILES string of the molecule is CCc1ccsc1-c1nnnn1CC(C)CC(=O)O. The normalized spacial score (nSPS) is 12.5. The van der Waals surface area contributed by atoms with Crippen molar-refractivity contribution in [1.29, 1.82) is 0 Å². The van der Waals surface area contributed by atoms with E-state index < -0.39 is 5.97 Å². The molecule has 1 unspecified atom stereocenters. The van der Waals surface area contributed by atoms with Gasteiger partial charge in [-0.05, 0) is 39.8 Å². The molecule has 0 aliphatic heterocycles. The lowest BCUT2D eigenvalue weighted by Crippen LogP contribution is -2.14. The van der Waals surface area contributed by atoms with Gasteiger partial charge in [-0.2, -0.15) is 0 Å². The van der Waals surface area contributed by atoms with Crippen molar-refractivity contribution in [2.75, 3.05) is 0 Å². The molecular weight excluding hydrogens is 264 g/mol. The van der Waals surface area contributed by atoms with Gasteiger partial charge in [-0.3, -0.25) is 4.79 Å². The van der Waals surface area contributed by atoms with Crippen LogP contribution in [0, 0.1) is 5.92 Å². The zero-order chi connectivity index (χ0) is 13.8. The number of carboxylic acids is 1. The quantitative estimate of drug-likeness (QED) is 0.876. The highest BCUT2D eigenvalue weighted by Gasteiger charge is 2.16. The molecule has 0 radical (unpaired) electrons. The van der Waals surface area contributed by atoms with Gasteiger partial charge >= 0.3 is 5.97 Å². The molecule has 0 fully saturated rings. The highest BCUT2D eigenvalue weighted by molar-refractivity contribution is 7.13. The lowest BCUT2D eigenvalue weighted by atomic mass is 10.1. The summed E-state index contributed by atoms with van der Waals surface area (Å²) in [6, 6.07) is 2.07. The van der Waals surface area contributed by atoms with Crippen molar-refractivity contribution in [2.45, 2.75) is 33.2 Å². The first-order chi connectivity index (χ1) is 9.11. The molecule has 0 aliphatic carbocycles. The smallest absolute Gasteiger partial charge is 0.303 e. The first-order valence-corrected chi connectivity index (χ1v) is 7.04. The van der Waals surface area contributed by atoms with E-state index >= 15 is 0 Å². The minimum atomic E-state index is -0.799. The molecule has 0 saturated heterocycles. The second-order valence-corrected chi connectivity index (χ2v) is 5.43. The van der Waals surface area contributed by atoms with Crippen molar-refractivity contribution in [3.63, 3.8) is 0 Å². The van der Waals surface area contributed by atoms with Gasteiger partial charge in [0.1, 0.15) is 0 Å². The van der Waals surface area contributed by atoms with Gasteiger partial charge < -0.3 is 5.11 Å². The van der Waals surface area contributed by atoms with E-state index in [0.717, 1.165) is 17.1 Å². The molecule has 0 amide bonds. The first kappa shape index (κ1) is 13.7. The van der Waals surface area contributed by atoms with Crippen molar-refractivity contribution < 1.29 is 9.90 Å². The maximum atomic E-state index is 10.7. The van der Waals surface area contributed by atoms with Crippen molar-refractivity contribution in [3.05, 3.63) is 17.0 Å². The average Bonchev–Trinajstić information content (AvgIpc) is 2.94. The van der Waals surface area contributed by atoms with E-state index in [1.165, 1.54) is 5.56 Å². The molecule has 1 atom stereocenters. The molecule has 102 valence electrons. The Morgan fingerprint density at radius 2 is 2.37 bits per heavy atom. The van der Waals surface area contributed by atoms with Crippen molar-refractivity contribution in [2.24, 2.45) is 5.92 Å². The average molecular weight is 280 g/mol. The molecule has 2 aromatic heterocycles. The van der Waals surface area contributed by atoms with Crippen LogP contribution in [0.1, 0.15) is 25.8 Å². The van der Waals surface area contributed by atoms with E-state index in [1.807, 2.05) is 12.3 Å². The van der Waals surface area contributed by atoms with Gasteiger partial charge in [-0.1, -0.05) is 13.8 Å². The third-order valence-corrected chi connectivity index (χ3v) is 3.82. The second kappa shape index (κ2) is 5.92. The fourth-order valence-corrected chi connectivity index (χ4v) is 2.94. The van der Waals surface area contributed by atoms with Crippen molar-refractivity contribution in [3.8, 4) is 10.7 Å². The number of carboxylic acid groups (broad SMARTS) is 1. The van der Waals surface area contributed by atoms with Gasteiger partial charge in [0, 0.05) is 13.0 Å². The van der Waals surface area contributed by atoms with Gasteiger partial charge in [0.15, 0.2) is 5.82 Å². The van der Waals surface area contributed by atoms with E-state index in [2.05, 4.69) is 28.5 Å². The summed E-state index contributed by atoms with van der Waals surface area (Å²) >= 11 is 1.61. The summed E-state index contributed by atoms with van der Waals surface area (Å²) in [6.45, 7) is 4.48. The Bertz CT molecular complexity index is 564. The van der Waals surface area contributed by atoms with Crippen LogP contribution < -0.4 is 0 Å². The third-order valence-electron chi connectivity index (χ3n) is 2.87. The Labute approximate surface area is 115 Å². The van der Waals surface area contributed by atoms with Gasteiger partial charge in [-0.15, -0.1) is 16.4 Å². The van der Waals surface area contributed by atoms with E-state index in [0.29, 0.717) is 6.54 Å². The van der Waals surface area contributed by atoms with Crippen LogP contribution in [-0.2, 0) is 17.8 Å². The van der Waals surface area contributed by atoms with Crippen molar-refractivity contribution >= 4 is 17.3 Å². The monoisotopic (exact) mass is 280 g/mol. The minimum absolute atomic E-state index is 0.00945. The summed E-state index contributed by atoms with van der Waals surface area (Å²) in [5.74, 6) is -0.0821. The van der Waals surface area contributed by atoms with Gasteiger partial charge in [-0.25, -0.2) is 4.68 Å². The van der Waals surface area contributed by atoms with Crippen LogP contribution in [-0.4, -0.2) is 31.3 Å². The fourth-order valence-electron chi connectivity index (χ4n) is 1.96. The highest BCUT2D eigenvalue weighted by atomic mass is 32.1. The summed E-state index contributed by atoms with van der Waals surface area (Å²) in [5.41, 5.74) is 1.21. The summed E-state index contributed by atoms with van der Waals surface area (Å²) < 4.78 is 1.69. The number of nitrogens with zero attached hydrogens (tertiary/aromatic N) is 4. The number of rotatable bonds is 6. The van der Waals surface area contributed by atoms with Gasteiger partial charge in [0.2, 0.25) is 0 Å². The maximum absolute atomic E-state index is 10.7. The van der Waals surface area contributed by atoms with Crippen LogP contribution in [0.2, 0.25) is 0 Å². The van der Waals surface area contributed by atoms with E-state index in [9.17, 15) is 4.79 Å². The van der Waals surface area contributed by atoms with E-state index in [1.54, 1.807) is 16.0 Å². The number of hydrogen-bond donors (Lipinski definition) is 1. The Hall–Kier alpha value is -1.76. The largest absolute Gasteiger partial charge is 0.481 e. The molecule has 2 rings (SSSR count). The van der Waals surface area contributed by atoms with Crippen LogP contribution in [0.25, 0.3) is 10.7 Å². The Balaban J connectivity index is 2.20. The molecule has 0 spiro atoms. The molecule has 0 bridgehead atoms. The van der Waals surface area contributed by atoms with E-state index in [-0.39, 0.29) is 12.3 Å². The van der Waals surface area contributed by atoms with Crippen LogP contribution in [0.3, 0.4) is 0 Å². The highest BCUT2D eigenvalue weighted by Crippen LogP contribution is 2.28. The van der Waals surface area contributed by atoms with Crippen LogP contribution in [0.4, 0.5) is 0 Å². The number of aryl methyl sites for hydroxylation is 1. The number of carbonyl (C=O) groups is 1.